The number of benzene rings is 1. The molecule has 1 atom stereocenters. The number of nitrogens with one attached hydrogen (secondary N) is 2. The van der Waals surface area contributed by atoms with Crippen LogP contribution in [0.15, 0.2) is 36.0 Å². The Balaban J connectivity index is 2.52. The summed E-state index contributed by atoms with van der Waals surface area (Å²) in [6.45, 7) is 1.80. The van der Waals surface area contributed by atoms with E-state index in [0.29, 0.717) is 18.0 Å². The lowest BCUT2D eigenvalue weighted by Gasteiger charge is -2.08. The molecule has 0 aromatic heterocycles. The molecule has 1 aromatic carbocycles. The smallest absolute Gasteiger partial charge is 0.325 e. The number of carbonyl (C=O) groups is 2. The molecule has 0 fully saturated rings. The van der Waals surface area contributed by atoms with E-state index in [4.69, 9.17) is 22.0 Å². The number of hydrogen-bond donors (Lipinski definition) is 3. The minimum atomic E-state index is -1.17. The van der Waals surface area contributed by atoms with Crippen molar-refractivity contribution in [2.75, 3.05) is 6.54 Å². The van der Waals surface area contributed by atoms with Gasteiger partial charge < -0.3 is 15.7 Å². The topological polar surface area (TPSA) is 102 Å². The average Bonchev–Trinajstić information content (AvgIpc) is 2.48. The Bertz CT molecular complexity index is 623. The summed E-state index contributed by atoms with van der Waals surface area (Å²) in [6.07, 6.45) is 1.89. The number of aliphatic carboxylic acids is 1. The molecule has 0 aliphatic rings. The molecule has 0 aliphatic carbocycles. The first-order valence-corrected chi connectivity index (χ1v) is 6.94. The molecule has 0 bridgehead atoms. The molecule has 1 amide bonds. The van der Waals surface area contributed by atoms with Gasteiger partial charge in [0.1, 0.15) is 17.7 Å². The predicted octanol–water partition coefficient (Wildman–Crippen LogP) is 1.47. The summed E-state index contributed by atoms with van der Waals surface area (Å²) in [5, 5.41) is 23.3. The molecular formula is C15H16ClN3O3. The summed E-state index contributed by atoms with van der Waals surface area (Å²) in [5.41, 5.74) is 0.764. The zero-order chi connectivity index (χ0) is 16.5. The average molecular weight is 322 g/mol. The van der Waals surface area contributed by atoms with Crippen LogP contribution in [0.25, 0.3) is 0 Å². The SMILES string of the molecule is CC(NC(=O)/C(C#N)=C\NCCc1ccccc1Cl)C(=O)O. The van der Waals surface area contributed by atoms with Crippen LogP contribution in [0.5, 0.6) is 0 Å². The minimum absolute atomic E-state index is 0.188. The van der Waals surface area contributed by atoms with Crippen molar-refractivity contribution in [2.45, 2.75) is 19.4 Å². The summed E-state index contributed by atoms with van der Waals surface area (Å²) >= 11 is 6.02. The van der Waals surface area contributed by atoms with Crippen LogP contribution in [0, 0.1) is 11.3 Å². The number of carboxylic acid groups (broad SMARTS) is 1. The van der Waals surface area contributed by atoms with Gasteiger partial charge in [0.25, 0.3) is 5.91 Å². The summed E-state index contributed by atoms with van der Waals surface area (Å²) in [6, 6.07) is 8.04. The van der Waals surface area contributed by atoms with Gasteiger partial charge in [-0.1, -0.05) is 29.8 Å². The molecule has 1 rings (SSSR count). The van der Waals surface area contributed by atoms with Gasteiger partial charge in [0.05, 0.1) is 0 Å². The van der Waals surface area contributed by atoms with Gasteiger partial charge in [0.15, 0.2) is 0 Å². The first kappa shape index (κ1) is 17.5. The Kier molecular flexibility index (Phi) is 6.93. The highest BCUT2D eigenvalue weighted by molar-refractivity contribution is 6.31. The van der Waals surface area contributed by atoms with Gasteiger partial charge in [-0.25, -0.2) is 0 Å². The second kappa shape index (κ2) is 8.70. The number of carbonyl (C=O) groups excluding carboxylic acids is 1. The predicted molar refractivity (Wildman–Crippen MR) is 82.1 cm³/mol. The van der Waals surface area contributed by atoms with Gasteiger partial charge >= 0.3 is 5.97 Å². The van der Waals surface area contributed by atoms with E-state index >= 15 is 0 Å². The van der Waals surface area contributed by atoms with Crippen molar-refractivity contribution in [1.29, 1.82) is 5.26 Å². The molecule has 0 saturated heterocycles. The Labute approximate surface area is 133 Å². The standard InChI is InChI=1S/C15H16ClN3O3/c1-10(15(21)22)19-14(20)12(8-17)9-18-7-6-11-4-2-3-5-13(11)16/h2-5,9-10,18H,6-7H2,1H3,(H,19,20)(H,21,22)/b12-9-. The zero-order valence-electron chi connectivity index (χ0n) is 12.0. The molecule has 22 heavy (non-hydrogen) atoms. The lowest BCUT2D eigenvalue weighted by molar-refractivity contribution is -0.140. The number of hydrogen-bond acceptors (Lipinski definition) is 4. The van der Waals surface area contributed by atoms with E-state index in [0.717, 1.165) is 5.56 Å². The Morgan fingerprint density at radius 2 is 2.14 bits per heavy atom. The van der Waals surface area contributed by atoms with Crippen LogP contribution in [-0.2, 0) is 16.0 Å². The van der Waals surface area contributed by atoms with Gasteiger partial charge in [-0.3, -0.25) is 9.59 Å². The van der Waals surface area contributed by atoms with Crippen LogP contribution in [0.2, 0.25) is 5.02 Å². The Hall–Kier alpha value is -2.52. The van der Waals surface area contributed by atoms with Gasteiger partial charge in [0.2, 0.25) is 0 Å². The van der Waals surface area contributed by atoms with Crippen molar-refractivity contribution in [3.63, 3.8) is 0 Å². The van der Waals surface area contributed by atoms with Gasteiger partial charge in [0, 0.05) is 17.8 Å². The third-order valence-corrected chi connectivity index (χ3v) is 3.19. The van der Waals surface area contributed by atoms with E-state index in [1.54, 1.807) is 12.1 Å². The molecule has 0 radical (unpaired) electrons. The summed E-state index contributed by atoms with van der Waals surface area (Å²) in [7, 11) is 0. The van der Waals surface area contributed by atoms with Crippen molar-refractivity contribution in [3.8, 4) is 6.07 Å². The number of amides is 1. The highest BCUT2D eigenvalue weighted by Crippen LogP contribution is 2.14. The fraction of sp³-hybridized carbons (Fsp3) is 0.267. The normalized spacial score (nSPS) is 12.1. The van der Waals surface area contributed by atoms with Crippen LogP contribution in [0.4, 0.5) is 0 Å². The minimum Gasteiger partial charge on any atom is -0.480 e. The molecule has 116 valence electrons. The summed E-state index contributed by atoms with van der Waals surface area (Å²) < 4.78 is 0. The summed E-state index contributed by atoms with van der Waals surface area (Å²) in [4.78, 5) is 22.3. The third-order valence-electron chi connectivity index (χ3n) is 2.83. The molecule has 0 heterocycles. The molecular weight excluding hydrogens is 306 g/mol. The van der Waals surface area contributed by atoms with E-state index in [1.165, 1.54) is 13.1 Å². The first-order chi connectivity index (χ1) is 10.5. The van der Waals surface area contributed by atoms with Crippen LogP contribution < -0.4 is 10.6 Å². The van der Waals surface area contributed by atoms with E-state index in [9.17, 15) is 9.59 Å². The molecule has 0 aliphatic heterocycles. The van der Waals surface area contributed by atoms with Crippen molar-refractivity contribution in [3.05, 3.63) is 46.6 Å². The van der Waals surface area contributed by atoms with Crippen LogP contribution >= 0.6 is 11.6 Å². The van der Waals surface area contributed by atoms with Gasteiger partial charge in [-0.15, -0.1) is 0 Å². The maximum atomic E-state index is 11.7. The van der Waals surface area contributed by atoms with E-state index in [1.807, 2.05) is 18.2 Å². The third kappa shape index (κ3) is 5.46. The fourth-order valence-electron chi connectivity index (χ4n) is 1.57. The van der Waals surface area contributed by atoms with E-state index < -0.39 is 17.9 Å². The highest BCUT2D eigenvalue weighted by Gasteiger charge is 2.16. The van der Waals surface area contributed by atoms with E-state index in [2.05, 4.69) is 10.6 Å². The number of halogens is 1. The van der Waals surface area contributed by atoms with Crippen molar-refractivity contribution in [1.82, 2.24) is 10.6 Å². The lowest BCUT2D eigenvalue weighted by Crippen LogP contribution is -2.39. The van der Waals surface area contributed by atoms with Gasteiger partial charge in [-0.05, 0) is 25.0 Å². The van der Waals surface area contributed by atoms with Crippen LogP contribution in [0.3, 0.4) is 0 Å². The molecule has 6 nitrogen and oxygen atoms in total. The largest absolute Gasteiger partial charge is 0.480 e. The molecule has 1 unspecified atom stereocenters. The Morgan fingerprint density at radius 1 is 1.45 bits per heavy atom. The molecule has 7 heteroatoms. The zero-order valence-corrected chi connectivity index (χ0v) is 12.7. The second-order valence-electron chi connectivity index (χ2n) is 4.50. The van der Waals surface area contributed by atoms with Crippen LogP contribution in [-0.4, -0.2) is 29.6 Å². The maximum Gasteiger partial charge on any atom is 0.325 e. The Morgan fingerprint density at radius 3 is 2.73 bits per heavy atom. The monoisotopic (exact) mass is 321 g/mol. The van der Waals surface area contributed by atoms with Crippen molar-refractivity contribution >= 4 is 23.5 Å². The van der Waals surface area contributed by atoms with Gasteiger partial charge in [-0.2, -0.15) is 5.26 Å². The van der Waals surface area contributed by atoms with Crippen molar-refractivity contribution in [2.24, 2.45) is 0 Å². The van der Waals surface area contributed by atoms with Crippen LogP contribution in [0.1, 0.15) is 12.5 Å². The number of nitrogens with zero attached hydrogens (tertiary/aromatic N) is 1. The fourth-order valence-corrected chi connectivity index (χ4v) is 1.80. The number of carboxylic acids is 1. The second-order valence-corrected chi connectivity index (χ2v) is 4.91. The maximum absolute atomic E-state index is 11.7. The highest BCUT2D eigenvalue weighted by atomic mass is 35.5. The lowest BCUT2D eigenvalue weighted by atomic mass is 10.1. The van der Waals surface area contributed by atoms with Crippen molar-refractivity contribution < 1.29 is 14.7 Å². The molecule has 0 spiro atoms. The summed E-state index contributed by atoms with van der Waals surface area (Å²) in [5.74, 6) is -1.90. The molecule has 1 aromatic rings. The van der Waals surface area contributed by atoms with E-state index in [-0.39, 0.29) is 5.57 Å². The molecule has 3 N–H and O–H groups in total. The quantitative estimate of drug-likeness (QED) is 0.401. The number of rotatable bonds is 7. The number of nitriles is 1. The first-order valence-electron chi connectivity index (χ1n) is 6.56. The molecule has 0 saturated carbocycles.